The Bertz CT molecular complexity index is 1170. The topological polar surface area (TPSA) is 81.1 Å². The van der Waals surface area contributed by atoms with Gasteiger partial charge >= 0.3 is 5.76 Å². The number of carbonyl (C=O) groups is 1. The van der Waals surface area contributed by atoms with E-state index in [1.165, 1.54) is 24.2 Å². The Kier molecular flexibility index (Phi) is 5.38. The average Bonchev–Trinajstić information content (AvgIpc) is 3.18. The number of sulfone groups is 1. The highest BCUT2D eigenvalue weighted by Gasteiger charge is 2.26. The van der Waals surface area contributed by atoms with E-state index in [9.17, 15) is 22.0 Å². The summed E-state index contributed by atoms with van der Waals surface area (Å²) in [5, 5.41) is 2.71. The second-order valence-electron chi connectivity index (χ2n) is 7.04. The first-order valence-electron chi connectivity index (χ1n) is 9.44. The van der Waals surface area contributed by atoms with Gasteiger partial charge in [0.05, 0.1) is 4.90 Å². The molecule has 0 spiro atoms. The lowest BCUT2D eigenvalue weighted by Gasteiger charge is -2.16. The summed E-state index contributed by atoms with van der Waals surface area (Å²) in [6.45, 7) is 0.945. The maximum Gasteiger partial charge on any atom is 0.341 e. The molecule has 1 aliphatic heterocycles. The first-order valence-corrected chi connectivity index (χ1v) is 11.0. The zero-order valence-electron chi connectivity index (χ0n) is 15.9. The lowest BCUT2D eigenvalue weighted by atomic mass is 10.1. The summed E-state index contributed by atoms with van der Waals surface area (Å²) in [6, 6.07) is 11.7. The third-order valence-electron chi connectivity index (χ3n) is 5.08. The van der Waals surface area contributed by atoms with Gasteiger partial charge in [0.15, 0.2) is 0 Å². The first-order chi connectivity index (χ1) is 14.4. The highest BCUT2D eigenvalue weighted by molar-refractivity contribution is 7.91. The molecule has 0 aliphatic carbocycles. The Balaban J connectivity index is 1.47. The fourth-order valence-corrected chi connectivity index (χ4v) is 4.19. The van der Waals surface area contributed by atoms with E-state index < -0.39 is 26.4 Å². The summed E-state index contributed by atoms with van der Waals surface area (Å²) in [5.41, 5.74) is 2.89. The monoisotopic (exact) mass is 431 g/mol. The molecule has 30 heavy (non-hydrogen) atoms. The number of hydrogen-bond donors (Lipinski definition) is 1. The van der Waals surface area contributed by atoms with E-state index in [1.807, 2.05) is 18.3 Å². The van der Waals surface area contributed by atoms with Gasteiger partial charge in [-0.05, 0) is 67.8 Å². The zero-order valence-corrected chi connectivity index (χ0v) is 16.7. The van der Waals surface area contributed by atoms with Crippen molar-refractivity contribution in [3.63, 3.8) is 0 Å². The van der Waals surface area contributed by atoms with Gasteiger partial charge in [-0.1, -0.05) is 0 Å². The fourth-order valence-electron chi connectivity index (χ4n) is 3.47. The quantitative estimate of drug-likeness (QED) is 0.659. The molecule has 0 saturated carbocycles. The number of halogens is 2. The maximum atomic E-state index is 12.6. The number of fused-ring (bicyclic) bond motifs is 1. The minimum atomic E-state index is -4.68. The predicted octanol–water partition coefficient (Wildman–Crippen LogP) is 4.14. The van der Waals surface area contributed by atoms with Gasteiger partial charge in [-0.15, -0.1) is 0 Å². The average molecular weight is 431 g/mol. The predicted molar refractivity (Wildman–Crippen MR) is 108 cm³/mol. The Hall–Kier alpha value is -3.07. The first kappa shape index (κ1) is 20.2. The van der Waals surface area contributed by atoms with Crippen molar-refractivity contribution in [3.8, 4) is 11.4 Å². The smallest absolute Gasteiger partial charge is 0.328 e. The Morgan fingerprint density at radius 1 is 1.03 bits per heavy atom. The molecule has 0 bridgehead atoms. The maximum absolute atomic E-state index is 12.6. The number of alkyl halides is 2. The third kappa shape index (κ3) is 3.85. The van der Waals surface area contributed by atoms with E-state index in [0.29, 0.717) is 5.69 Å². The Morgan fingerprint density at radius 3 is 2.40 bits per heavy atom. The molecule has 156 valence electrons. The number of carbonyl (C=O) groups excluding carboxylic acids is 1. The summed E-state index contributed by atoms with van der Waals surface area (Å²) < 4.78 is 50.3. The van der Waals surface area contributed by atoms with Crippen LogP contribution in [0.3, 0.4) is 0 Å². The number of nitrogens with one attached hydrogen (secondary N) is 1. The molecule has 2 heterocycles. The number of hydrogen-bond acceptors (Lipinski definition) is 4. The largest absolute Gasteiger partial charge is 0.341 e. The van der Waals surface area contributed by atoms with Crippen LogP contribution in [-0.4, -0.2) is 29.6 Å². The number of amides is 1. The van der Waals surface area contributed by atoms with Crippen LogP contribution in [0.5, 0.6) is 0 Å². The van der Waals surface area contributed by atoms with Crippen molar-refractivity contribution in [1.29, 1.82) is 0 Å². The van der Waals surface area contributed by atoms with E-state index in [-0.39, 0.29) is 5.56 Å². The number of rotatable bonds is 5. The minimum Gasteiger partial charge on any atom is -0.328 e. The third-order valence-corrected chi connectivity index (χ3v) is 6.48. The van der Waals surface area contributed by atoms with Crippen LogP contribution in [0.15, 0.2) is 59.6 Å². The van der Waals surface area contributed by atoms with Gasteiger partial charge in [-0.2, -0.15) is 8.78 Å². The van der Waals surface area contributed by atoms with Crippen LogP contribution in [0.2, 0.25) is 0 Å². The van der Waals surface area contributed by atoms with Crippen molar-refractivity contribution in [2.24, 2.45) is 0 Å². The molecule has 0 unspecified atom stereocenters. The normalized spacial score (nSPS) is 13.8. The van der Waals surface area contributed by atoms with Crippen LogP contribution in [0.1, 0.15) is 28.9 Å². The van der Waals surface area contributed by atoms with Crippen molar-refractivity contribution in [1.82, 2.24) is 9.55 Å². The molecule has 9 heteroatoms. The lowest BCUT2D eigenvalue weighted by molar-refractivity contribution is 0.102. The Morgan fingerprint density at radius 2 is 1.73 bits per heavy atom. The summed E-state index contributed by atoms with van der Waals surface area (Å²) in [4.78, 5) is 16.4. The highest BCUT2D eigenvalue weighted by Crippen LogP contribution is 2.26. The molecule has 1 N–H and O–H groups in total. The van der Waals surface area contributed by atoms with E-state index in [2.05, 4.69) is 14.9 Å². The number of benzene rings is 2. The Labute approximate surface area is 172 Å². The van der Waals surface area contributed by atoms with E-state index in [1.54, 1.807) is 12.1 Å². The second kappa shape index (κ2) is 7.98. The number of imidazole rings is 1. The van der Waals surface area contributed by atoms with Crippen LogP contribution >= 0.6 is 0 Å². The van der Waals surface area contributed by atoms with Gasteiger partial charge in [-0.25, -0.2) is 13.4 Å². The van der Waals surface area contributed by atoms with Crippen LogP contribution in [0.25, 0.3) is 11.4 Å². The van der Waals surface area contributed by atoms with Gasteiger partial charge in [-0.3, -0.25) is 4.79 Å². The summed E-state index contributed by atoms with van der Waals surface area (Å²) >= 11 is 0. The molecule has 6 nitrogen and oxygen atoms in total. The second-order valence-corrected chi connectivity index (χ2v) is 8.96. The highest BCUT2D eigenvalue weighted by atomic mass is 32.2. The summed E-state index contributed by atoms with van der Waals surface area (Å²) in [5.74, 6) is -3.07. The van der Waals surface area contributed by atoms with Crippen LogP contribution in [0, 0.1) is 0 Å². The molecule has 0 fully saturated rings. The van der Waals surface area contributed by atoms with Crippen LogP contribution < -0.4 is 5.32 Å². The van der Waals surface area contributed by atoms with Gasteiger partial charge in [0.25, 0.3) is 5.91 Å². The van der Waals surface area contributed by atoms with E-state index in [0.717, 1.165) is 42.9 Å². The molecular weight excluding hydrogens is 412 g/mol. The molecule has 0 saturated heterocycles. The molecule has 1 aliphatic rings. The molecule has 4 rings (SSSR count). The van der Waals surface area contributed by atoms with Gasteiger partial charge in [0.2, 0.25) is 9.84 Å². The van der Waals surface area contributed by atoms with Crippen LogP contribution in [-0.2, 0) is 22.8 Å². The molecule has 0 atom stereocenters. The summed E-state index contributed by atoms with van der Waals surface area (Å²) in [7, 11) is -4.68. The number of aryl methyl sites for hydroxylation is 1. The molecule has 2 aromatic carbocycles. The van der Waals surface area contributed by atoms with Crippen molar-refractivity contribution in [2.75, 3.05) is 5.32 Å². The van der Waals surface area contributed by atoms with E-state index >= 15 is 0 Å². The standard InChI is InChI=1S/C21H19F2N3O3S/c22-21(23)30(28,29)18-10-6-15(7-11-18)20(27)25-16-8-4-14(5-9-16)19-24-13-17-3-1-2-12-26(17)19/h4-11,13,21H,1-3,12H2,(H,25,27). The van der Waals surface area contributed by atoms with Crippen LogP contribution in [0.4, 0.5) is 14.5 Å². The van der Waals surface area contributed by atoms with Gasteiger partial charge in [0.1, 0.15) is 5.82 Å². The van der Waals surface area contributed by atoms with E-state index in [4.69, 9.17) is 0 Å². The van der Waals surface area contributed by atoms with Crippen molar-refractivity contribution >= 4 is 21.4 Å². The zero-order chi connectivity index (χ0) is 21.3. The molecular formula is C21H19F2N3O3S. The molecule has 1 aromatic heterocycles. The number of nitrogens with zero attached hydrogens (tertiary/aromatic N) is 2. The molecule has 3 aromatic rings. The minimum absolute atomic E-state index is 0.162. The number of anilines is 1. The van der Waals surface area contributed by atoms with Gasteiger partial charge < -0.3 is 9.88 Å². The van der Waals surface area contributed by atoms with Crippen molar-refractivity contribution in [3.05, 3.63) is 66.0 Å². The summed E-state index contributed by atoms with van der Waals surface area (Å²) in [6.07, 6.45) is 5.23. The number of aromatic nitrogens is 2. The molecule has 0 radical (unpaired) electrons. The van der Waals surface area contributed by atoms with Gasteiger partial charge in [0, 0.05) is 35.2 Å². The molecule has 1 amide bonds. The van der Waals surface area contributed by atoms with Crippen molar-refractivity contribution in [2.45, 2.75) is 36.5 Å². The fraction of sp³-hybridized carbons (Fsp3) is 0.238. The SMILES string of the molecule is O=C(Nc1ccc(-c2ncc3n2CCCC3)cc1)c1ccc(S(=O)(=O)C(F)F)cc1. The lowest BCUT2D eigenvalue weighted by Crippen LogP contribution is -2.14. The van der Waals surface area contributed by atoms with Crippen molar-refractivity contribution < 1.29 is 22.0 Å².